The number of rotatable bonds is 7. The highest BCUT2D eigenvalue weighted by Crippen LogP contribution is 2.64. The van der Waals surface area contributed by atoms with Gasteiger partial charge in [-0.2, -0.15) is 0 Å². The van der Waals surface area contributed by atoms with Crippen LogP contribution in [0.5, 0.6) is 0 Å². The van der Waals surface area contributed by atoms with Crippen molar-refractivity contribution in [1.82, 2.24) is 15.0 Å². The Morgan fingerprint density at radius 3 is 1.65 bits per heavy atom. The molecule has 4 aliphatic carbocycles. The molecule has 0 amide bonds. The summed E-state index contributed by atoms with van der Waals surface area (Å²) in [5.74, 6) is 4.43. The Kier molecular flexibility index (Phi) is 8.68. The summed E-state index contributed by atoms with van der Waals surface area (Å²) in [5, 5.41) is 2.02. The Labute approximate surface area is 379 Å². The molecule has 3 saturated carbocycles. The number of aromatic nitrogens is 3. The summed E-state index contributed by atoms with van der Waals surface area (Å²) >= 11 is 0. The van der Waals surface area contributed by atoms with Gasteiger partial charge >= 0.3 is 0 Å². The summed E-state index contributed by atoms with van der Waals surface area (Å²) in [5.41, 5.74) is 17.8. The van der Waals surface area contributed by atoms with E-state index in [9.17, 15) is 0 Å². The fourth-order valence-corrected chi connectivity index (χ4v) is 11.9. The fraction of sp³-hybridized carbons (Fsp3) is 0.164. The number of nitrogens with zero attached hydrogens (tertiary/aromatic N) is 3. The van der Waals surface area contributed by atoms with E-state index in [1.165, 1.54) is 69.3 Å². The van der Waals surface area contributed by atoms with Gasteiger partial charge in [0.15, 0.2) is 17.5 Å². The molecule has 4 atom stereocenters. The van der Waals surface area contributed by atoms with Gasteiger partial charge in [0.2, 0.25) is 0 Å². The third kappa shape index (κ3) is 6.22. The second-order valence-corrected chi connectivity index (χ2v) is 19.1. The summed E-state index contributed by atoms with van der Waals surface area (Å²) in [4.78, 5) is 15.2. The average molecular weight is 838 g/mol. The molecule has 0 saturated heterocycles. The quantitative estimate of drug-likeness (QED) is 0.160. The molecule has 65 heavy (non-hydrogen) atoms. The minimum Gasteiger partial charge on any atom is -0.456 e. The largest absolute Gasteiger partial charge is 0.456 e. The molecule has 2 aromatic heterocycles. The van der Waals surface area contributed by atoms with Crippen LogP contribution >= 0.6 is 0 Å². The molecule has 2 bridgehead atoms. The summed E-state index contributed by atoms with van der Waals surface area (Å²) < 4.78 is 6.56. The lowest BCUT2D eigenvalue weighted by molar-refractivity contribution is -0.0805. The van der Waals surface area contributed by atoms with E-state index in [-0.39, 0.29) is 5.92 Å². The van der Waals surface area contributed by atoms with Crippen LogP contribution in [0, 0.1) is 17.3 Å². The van der Waals surface area contributed by atoms with Crippen molar-refractivity contribution < 1.29 is 4.42 Å². The third-order valence-corrected chi connectivity index (χ3v) is 15.5. The standard InChI is InChI=1S/C61H47N3O/c1-61(2)45-28-31-46(53(61)36-45)38-23-21-37(22-24-38)42-25-29-47-50(33-42)51-34-43(26-30-48(51)56(47)39-13-6-3-7-14-39)44-27-32-54-52(35-44)57-49(19-12-20-55(57)65-54)60-63-58(40-15-8-4-9-16-40)62-59(64-60)41-17-10-5-11-18-41/h3-27,29-30,32-35,45-46,53,56H,28,31,36H2,1-2H3. The molecule has 4 nitrogen and oxygen atoms in total. The van der Waals surface area contributed by atoms with E-state index in [2.05, 4.69) is 129 Å². The van der Waals surface area contributed by atoms with Crippen molar-refractivity contribution in [3.63, 3.8) is 0 Å². The molecule has 0 radical (unpaired) electrons. The van der Waals surface area contributed by atoms with Crippen LogP contribution in [0.15, 0.2) is 192 Å². The van der Waals surface area contributed by atoms with E-state index in [0.29, 0.717) is 28.8 Å². The minimum atomic E-state index is 0.164. The van der Waals surface area contributed by atoms with Crippen molar-refractivity contribution in [3.8, 4) is 67.5 Å². The Morgan fingerprint density at radius 1 is 0.446 bits per heavy atom. The highest BCUT2D eigenvalue weighted by Gasteiger charge is 2.54. The molecule has 4 heteroatoms. The van der Waals surface area contributed by atoms with Gasteiger partial charge in [-0.1, -0.05) is 172 Å². The van der Waals surface area contributed by atoms with Crippen molar-refractivity contribution in [2.75, 3.05) is 0 Å². The van der Waals surface area contributed by atoms with E-state index in [1.54, 1.807) is 0 Å². The lowest BCUT2D eigenvalue weighted by atomic mass is 9.45. The zero-order chi connectivity index (χ0) is 43.2. The maximum absolute atomic E-state index is 6.56. The van der Waals surface area contributed by atoms with Crippen molar-refractivity contribution in [2.24, 2.45) is 17.3 Å². The predicted molar refractivity (Wildman–Crippen MR) is 264 cm³/mol. The van der Waals surface area contributed by atoms with Gasteiger partial charge in [-0.25, -0.2) is 15.0 Å². The summed E-state index contributed by atoms with van der Waals surface area (Å²) in [6, 6.07) is 67.8. The van der Waals surface area contributed by atoms with Gasteiger partial charge in [0.25, 0.3) is 0 Å². The highest BCUT2D eigenvalue weighted by molar-refractivity contribution is 6.13. The van der Waals surface area contributed by atoms with Crippen LogP contribution < -0.4 is 0 Å². The predicted octanol–water partition coefficient (Wildman–Crippen LogP) is 15.8. The smallest absolute Gasteiger partial charge is 0.164 e. The van der Waals surface area contributed by atoms with E-state index >= 15 is 0 Å². The van der Waals surface area contributed by atoms with Crippen LogP contribution in [0.3, 0.4) is 0 Å². The Bertz CT molecular complexity index is 3390. The molecular weight excluding hydrogens is 791 g/mol. The van der Waals surface area contributed by atoms with Crippen LogP contribution in [-0.2, 0) is 0 Å². The molecule has 0 spiro atoms. The summed E-state index contributed by atoms with van der Waals surface area (Å²) in [6.07, 6.45) is 4.09. The molecule has 4 aliphatic rings. The van der Waals surface area contributed by atoms with E-state index < -0.39 is 0 Å². The Morgan fingerprint density at radius 2 is 1.02 bits per heavy atom. The second-order valence-electron chi connectivity index (χ2n) is 19.1. The van der Waals surface area contributed by atoms with Crippen LogP contribution in [0.1, 0.15) is 67.2 Å². The molecule has 0 N–H and O–H groups in total. The number of hydrogen-bond donors (Lipinski definition) is 0. The van der Waals surface area contributed by atoms with Gasteiger partial charge in [0.05, 0.1) is 0 Å². The normalized spacial score (nSPS) is 19.2. The number of benzene rings is 8. The van der Waals surface area contributed by atoms with Gasteiger partial charge < -0.3 is 4.42 Å². The SMILES string of the molecule is CC1(C)C2CCC(c3ccc(-c4ccc5c(c4)-c4cc(-c6ccc7oc8cccc(-c9nc(-c%10ccccc%10)nc(-c%10ccccc%10)n9)c8c7c6)ccc4C5c4ccccc4)cc3)C1C2. The minimum absolute atomic E-state index is 0.164. The van der Waals surface area contributed by atoms with Crippen molar-refractivity contribution in [1.29, 1.82) is 0 Å². The van der Waals surface area contributed by atoms with E-state index in [4.69, 9.17) is 19.4 Å². The van der Waals surface area contributed by atoms with Crippen molar-refractivity contribution >= 4 is 21.9 Å². The monoisotopic (exact) mass is 837 g/mol. The highest BCUT2D eigenvalue weighted by atomic mass is 16.3. The van der Waals surface area contributed by atoms with Gasteiger partial charge in [0.1, 0.15) is 11.2 Å². The molecule has 2 heterocycles. The van der Waals surface area contributed by atoms with Crippen LogP contribution in [0.2, 0.25) is 0 Å². The first-order valence-electron chi connectivity index (χ1n) is 23.2. The molecule has 0 aliphatic heterocycles. The number of hydrogen-bond acceptors (Lipinski definition) is 4. The van der Waals surface area contributed by atoms with Crippen molar-refractivity contribution in [2.45, 2.75) is 44.9 Å². The first-order valence-corrected chi connectivity index (χ1v) is 23.2. The maximum Gasteiger partial charge on any atom is 0.164 e. The average Bonchev–Trinajstić information content (AvgIpc) is 3.92. The molecule has 14 rings (SSSR count). The van der Waals surface area contributed by atoms with Crippen LogP contribution in [0.4, 0.5) is 0 Å². The van der Waals surface area contributed by atoms with Crippen LogP contribution in [0.25, 0.3) is 89.5 Å². The first kappa shape index (κ1) is 38.1. The molecular formula is C61H47N3O. The van der Waals surface area contributed by atoms with Crippen molar-refractivity contribution in [3.05, 3.63) is 210 Å². The summed E-state index contributed by atoms with van der Waals surface area (Å²) in [6.45, 7) is 5.00. The lowest BCUT2D eigenvalue weighted by Crippen LogP contribution is -2.51. The van der Waals surface area contributed by atoms with Gasteiger partial charge in [-0.3, -0.25) is 0 Å². The topological polar surface area (TPSA) is 51.8 Å². The number of fused-ring (bicyclic) bond motifs is 8. The van der Waals surface area contributed by atoms with E-state index in [1.807, 2.05) is 72.8 Å². The van der Waals surface area contributed by atoms with Gasteiger partial charge in [0, 0.05) is 33.4 Å². The first-order chi connectivity index (χ1) is 31.9. The maximum atomic E-state index is 6.56. The third-order valence-electron chi connectivity index (χ3n) is 15.5. The van der Waals surface area contributed by atoms with Crippen LogP contribution in [-0.4, -0.2) is 15.0 Å². The summed E-state index contributed by atoms with van der Waals surface area (Å²) in [7, 11) is 0. The fourth-order valence-electron chi connectivity index (χ4n) is 11.9. The second kappa shape index (κ2) is 14.8. The molecule has 312 valence electrons. The molecule has 10 aromatic rings. The zero-order valence-electron chi connectivity index (χ0n) is 36.6. The molecule has 4 unspecified atom stereocenters. The molecule has 8 aromatic carbocycles. The lowest BCUT2D eigenvalue weighted by Gasteiger charge is -2.60. The Balaban J connectivity index is 0.910. The Hall–Kier alpha value is -7.43. The van der Waals surface area contributed by atoms with Gasteiger partial charge in [-0.15, -0.1) is 0 Å². The zero-order valence-corrected chi connectivity index (χ0v) is 36.6. The molecule has 3 fully saturated rings. The van der Waals surface area contributed by atoms with Gasteiger partial charge in [-0.05, 0) is 128 Å². The van der Waals surface area contributed by atoms with E-state index in [0.717, 1.165) is 56.0 Å². The number of furan rings is 1.